The summed E-state index contributed by atoms with van der Waals surface area (Å²) in [4.78, 5) is 0. The van der Waals surface area contributed by atoms with Crippen LogP contribution in [0.2, 0.25) is 0 Å². The lowest BCUT2D eigenvalue weighted by molar-refractivity contribution is 0.00554. The molecule has 5 heteroatoms. The van der Waals surface area contributed by atoms with E-state index in [4.69, 9.17) is 9.47 Å². The molecule has 0 heterocycles. The first kappa shape index (κ1) is 15.8. The maximum absolute atomic E-state index is 9.66. The molecule has 2 rings (SSSR count). The van der Waals surface area contributed by atoms with Gasteiger partial charge in [0.2, 0.25) is 0 Å². The van der Waals surface area contributed by atoms with Crippen molar-refractivity contribution in [2.45, 2.75) is 25.9 Å². The van der Waals surface area contributed by atoms with Crippen LogP contribution < -0.4 is 10.2 Å². The third-order valence-corrected chi connectivity index (χ3v) is 3.70. The fraction of sp³-hybridized carbons (Fsp3) is 0.375. The third kappa shape index (κ3) is 3.76. The van der Waals surface area contributed by atoms with Gasteiger partial charge >= 0.3 is 7.12 Å². The van der Waals surface area contributed by atoms with Crippen LogP contribution in [0.5, 0.6) is 5.75 Å². The van der Waals surface area contributed by atoms with Gasteiger partial charge in [0, 0.05) is 19.0 Å². The van der Waals surface area contributed by atoms with E-state index < -0.39 is 7.12 Å². The van der Waals surface area contributed by atoms with E-state index in [1.54, 1.807) is 13.2 Å². The van der Waals surface area contributed by atoms with Crippen LogP contribution in [-0.2, 0) is 4.74 Å². The Bertz CT molecular complexity index is 610. The normalized spacial score (nSPS) is 11.7. The molecule has 0 saturated heterocycles. The van der Waals surface area contributed by atoms with Gasteiger partial charge in [-0.25, -0.2) is 0 Å². The summed E-state index contributed by atoms with van der Waals surface area (Å²) in [5, 5.41) is 21.1. The second kappa shape index (κ2) is 6.47. The van der Waals surface area contributed by atoms with Gasteiger partial charge in [0.1, 0.15) is 5.75 Å². The standard InChI is InChI=1S/C16H21BO4/c1-16(2,20-3)10-11-21-14-9-8-12-6-4-5-7-13(12)15(14)17(18)19/h4-9,18-19H,10-11H2,1-3H3. The van der Waals surface area contributed by atoms with Crippen LogP contribution in [0.4, 0.5) is 0 Å². The third-order valence-electron chi connectivity index (χ3n) is 3.70. The maximum atomic E-state index is 9.66. The summed E-state index contributed by atoms with van der Waals surface area (Å²) in [5.74, 6) is 0.496. The van der Waals surface area contributed by atoms with Gasteiger partial charge < -0.3 is 19.5 Å². The van der Waals surface area contributed by atoms with E-state index in [9.17, 15) is 10.0 Å². The average Bonchev–Trinajstić information content (AvgIpc) is 2.46. The van der Waals surface area contributed by atoms with Crippen molar-refractivity contribution in [2.24, 2.45) is 0 Å². The van der Waals surface area contributed by atoms with Crippen molar-refractivity contribution in [1.82, 2.24) is 0 Å². The van der Waals surface area contributed by atoms with Gasteiger partial charge in [-0.15, -0.1) is 0 Å². The van der Waals surface area contributed by atoms with E-state index in [0.717, 1.165) is 10.8 Å². The second-order valence-electron chi connectivity index (χ2n) is 5.63. The Morgan fingerprint density at radius 1 is 1.10 bits per heavy atom. The van der Waals surface area contributed by atoms with E-state index in [2.05, 4.69) is 0 Å². The molecular formula is C16H21BO4. The summed E-state index contributed by atoms with van der Waals surface area (Å²) >= 11 is 0. The van der Waals surface area contributed by atoms with Crippen LogP contribution in [0.25, 0.3) is 10.8 Å². The monoisotopic (exact) mass is 288 g/mol. The molecule has 2 aromatic rings. The van der Waals surface area contributed by atoms with Gasteiger partial charge in [0.25, 0.3) is 0 Å². The largest absolute Gasteiger partial charge is 0.494 e. The molecule has 21 heavy (non-hydrogen) atoms. The first-order chi connectivity index (χ1) is 9.94. The topological polar surface area (TPSA) is 58.9 Å². The number of ether oxygens (including phenoxy) is 2. The molecule has 112 valence electrons. The molecule has 0 aliphatic heterocycles. The molecule has 0 bridgehead atoms. The summed E-state index contributed by atoms with van der Waals surface area (Å²) in [6.07, 6.45) is 0.706. The fourth-order valence-corrected chi connectivity index (χ4v) is 2.18. The van der Waals surface area contributed by atoms with E-state index in [-0.39, 0.29) is 5.60 Å². The number of benzene rings is 2. The Balaban J connectivity index is 2.25. The van der Waals surface area contributed by atoms with Gasteiger partial charge in [0.05, 0.1) is 12.2 Å². The lowest BCUT2D eigenvalue weighted by Gasteiger charge is -2.23. The average molecular weight is 288 g/mol. The van der Waals surface area contributed by atoms with Gasteiger partial charge in [-0.05, 0) is 30.7 Å². The highest BCUT2D eigenvalue weighted by atomic mass is 16.5. The van der Waals surface area contributed by atoms with Gasteiger partial charge in [-0.3, -0.25) is 0 Å². The number of methoxy groups -OCH3 is 1. The maximum Gasteiger partial charge on any atom is 0.492 e. The Hall–Kier alpha value is -1.56. The Morgan fingerprint density at radius 3 is 2.48 bits per heavy atom. The van der Waals surface area contributed by atoms with Gasteiger partial charge in [-0.2, -0.15) is 0 Å². The smallest absolute Gasteiger partial charge is 0.492 e. The summed E-state index contributed by atoms with van der Waals surface area (Å²) in [6.45, 7) is 4.41. The van der Waals surface area contributed by atoms with Crippen LogP contribution in [0.3, 0.4) is 0 Å². The molecule has 0 spiro atoms. The Labute approximate surface area is 125 Å². The molecule has 0 radical (unpaired) electrons. The van der Waals surface area contributed by atoms with Gasteiger partial charge in [0.15, 0.2) is 0 Å². The number of rotatable bonds is 6. The van der Waals surface area contributed by atoms with Gasteiger partial charge in [-0.1, -0.05) is 30.3 Å². The minimum Gasteiger partial charge on any atom is -0.494 e. The Morgan fingerprint density at radius 2 is 1.81 bits per heavy atom. The highest BCUT2D eigenvalue weighted by Crippen LogP contribution is 2.20. The van der Waals surface area contributed by atoms with Crippen molar-refractivity contribution in [2.75, 3.05) is 13.7 Å². The molecule has 0 unspecified atom stereocenters. The highest BCUT2D eigenvalue weighted by molar-refractivity contribution is 6.63. The van der Waals surface area contributed by atoms with Crippen LogP contribution in [0, 0.1) is 0 Å². The zero-order valence-corrected chi connectivity index (χ0v) is 12.7. The van der Waals surface area contributed by atoms with Crippen molar-refractivity contribution in [3.05, 3.63) is 36.4 Å². The molecule has 0 aromatic heterocycles. The van der Waals surface area contributed by atoms with E-state index in [1.807, 2.05) is 44.2 Å². The van der Waals surface area contributed by atoms with Crippen molar-refractivity contribution in [3.8, 4) is 5.75 Å². The molecule has 0 atom stereocenters. The quantitative estimate of drug-likeness (QED) is 0.795. The first-order valence-corrected chi connectivity index (χ1v) is 7.00. The van der Waals surface area contributed by atoms with Crippen molar-refractivity contribution in [3.63, 3.8) is 0 Å². The molecule has 0 aliphatic rings. The molecular weight excluding hydrogens is 267 g/mol. The molecule has 4 nitrogen and oxygen atoms in total. The minimum absolute atomic E-state index is 0.269. The lowest BCUT2D eigenvalue weighted by atomic mass is 9.76. The van der Waals surface area contributed by atoms with Crippen molar-refractivity contribution >= 4 is 23.4 Å². The molecule has 2 N–H and O–H groups in total. The molecule has 0 saturated carbocycles. The molecule has 2 aromatic carbocycles. The number of fused-ring (bicyclic) bond motifs is 1. The predicted octanol–water partition coefficient (Wildman–Crippen LogP) is 1.71. The van der Waals surface area contributed by atoms with Crippen molar-refractivity contribution in [1.29, 1.82) is 0 Å². The predicted molar refractivity (Wildman–Crippen MR) is 85.0 cm³/mol. The van der Waals surface area contributed by atoms with E-state index >= 15 is 0 Å². The number of hydrogen-bond acceptors (Lipinski definition) is 4. The van der Waals surface area contributed by atoms with Crippen LogP contribution >= 0.6 is 0 Å². The highest BCUT2D eigenvalue weighted by Gasteiger charge is 2.22. The molecule has 0 amide bonds. The zero-order valence-electron chi connectivity index (χ0n) is 12.7. The van der Waals surface area contributed by atoms with E-state index in [1.165, 1.54) is 0 Å². The molecule has 0 aliphatic carbocycles. The lowest BCUT2D eigenvalue weighted by Crippen LogP contribution is -2.33. The summed E-state index contributed by atoms with van der Waals surface area (Å²) < 4.78 is 11.1. The molecule has 0 fully saturated rings. The van der Waals surface area contributed by atoms with Crippen molar-refractivity contribution < 1.29 is 19.5 Å². The van der Waals surface area contributed by atoms with Crippen LogP contribution in [0.1, 0.15) is 20.3 Å². The van der Waals surface area contributed by atoms with Crippen LogP contribution in [0.15, 0.2) is 36.4 Å². The summed E-state index contributed by atoms with van der Waals surface area (Å²) in [5.41, 5.74) is 0.137. The van der Waals surface area contributed by atoms with Crippen LogP contribution in [-0.4, -0.2) is 36.5 Å². The zero-order chi connectivity index (χ0) is 15.5. The second-order valence-corrected chi connectivity index (χ2v) is 5.63. The summed E-state index contributed by atoms with van der Waals surface area (Å²) in [7, 11) is 0.0976. The minimum atomic E-state index is -1.57. The SMILES string of the molecule is COC(C)(C)CCOc1ccc2ccccc2c1B(O)O. The number of hydrogen-bond donors (Lipinski definition) is 2. The fourth-order valence-electron chi connectivity index (χ4n) is 2.18. The first-order valence-electron chi connectivity index (χ1n) is 7.00. The Kier molecular flexibility index (Phi) is 4.88. The summed E-state index contributed by atoms with van der Waals surface area (Å²) in [6, 6.07) is 11.3. The van der Waals surface area contributed by atoms with E-state index in [0.29, 0.717) is 24.2 Å².